The third-order valence-electron chi connectivity index (χ3n) is 5.35. The zero-order valence-corrected chi connectivity index (χ0v) is 13.3. The molecule has 1 amide bonds. The van der Waals surface area contributed by atoms with Crippen molar-refractivity contribution in [2.24, 2.45) is 0 Å². The van der Waals surface area contributed by atoms with E-state index in [0.29, 0.717) is 25.4 Å². The number of aromatic nitrogens is 1. The van der Waals surface area contributed by atoms with E-state index in [9.17, 15) is 4.79 Å². The summed E-state index contributed by atoms with van der Waals surface area (Å²) in [5, 5.41) is 9.08. The van der Waals surface area contributed by atoms with Gasteiger partial charge in [-0.3, -0.25) is 4.90 Å². The molecule has 0 unspecified atom stereocenters. The van der Waals surface area contributed by atoms with Crippen LogP contribution in [0.2, 0.25) is 0 Å². The highest BCUT2D eigenvalue weighted by Gasteiger charge is 2.32. The van der Waals surface area contributed by atoms with Crippen LogP contribution in [-0.4, -0.2) is 57.8 Å². The molecule has 6 heteroatoms. The third kappa shape index (κ3) is 3.00. The Morgan fingerprint density at radius 3 is 2.87 bits per heavy atom. The molecule has 0 bridgehead atoms. The summed E-state index contributed by atoms with van der Waals surface area (Å²) in [5.41, 5.74) is 1.97. The molecule has 1 saturated carbocycles. The maximum Gasteiger partial charge on any atom is 0.407 e. The lowest BCUT2D eigenvalue weighted by atomic mass is 9.92. The van der Waals surface area contributed by atoms with Crippen molar-refractivity contribution in [2.75, 3.05) is 19.6 Å². The second-order valence-corrected chi connectivity index (χ2v) is 6.82. The van der Waals surface area contributed by atoms with Crippen molar-refractivity contribution < 1.29 is 14.6 Å². The normalized spacial score (nSPS) is 25.0. The fourth-order valence-electron chi connectivity index (χ4n) is 3.73. The van der Waals surface area contributed by atoms with E-state index in [4.69, 9.17) is 9.84 Å². The average molecular weight is 317 g/mol. The summed E-state index contributed by atoms with van der Waals surface area (Å²) in [6.07, 6.45) is 5.15. The van der Waals surface area contributed by atoms with E-state index in [2.05, 4.69) is 9.88 Å². The summed E-state index contributed by atoms with van der Waals surface area (Å²) in [4.78, 5) is 19.6. The highest BCUT2D eigenvalue weighted by molar-refractivity contribution is 5.65. The molecule has 0 spiro atoms. The molecule has 1 N–H and O–H groups in total. The Labute approximate surface area is 136 Å². The van der Waals surface area contributed by atoms with Gasteiger partial charge in [0.05, 0.1) is 12.2 Å². The second-order valence-electron chi connectivity index (χ2n) is 6.82. The van der Waals surface area contributed by atoms with Gasteiger partial charge in [-0.1, -0.05) is 12.5 Å². The molecule has 124 valence electrons. The minimum atomic E-state index is -0.863. The Kier molecular flexibility index (Phi) is 3.85. The molecule has 1 atom stereocenters. The van der Waals surface area contributed by atoms with Gasteiger partial charge in [0.1, 0.15) is 6.10 Å². The number of pyridine rings is 1. The second kappa shape index (κ2) is 6.00. The average Bonchev–Trinajstić information content (AvgIpc) is 2.92. The summed E-state index contributed by atoms with van der Waals surface area (Å²) >= 11 is 0. The summed E-state index contributed by atoms with van der Waals surface area (Å²) in [5.74, 6) is 0.688. The van der Waals surface area contributed by atoms with Crippen LogP contribution in [0, 0.1) is 0 Å². The number of amides is 1. The quantitative estimate of drug-likeness (QED) is 0.925. The van der Waals surface area contributed by atoms with Gasteiger partial charge in [0.15, 0.2) is 0 Å². The Morgan fingerprint density at radius 1 is 1.26 bits per heavy atom. The molecular weight excluding hydrogens is 294 g/mol. The maximum absolute atomic E-state index is 11.1. The van der Waals surface area contributed by atoms with Gasteiger partial charge in [0, 0.05) is 38.2 Å². The van der Waals surface area contributed by atoms with Crippen molar-refractivity contribution in [1.82, 2.24) is 14.8 Å². The predicted molar refractivity (Wildman–Crippen MR) is 84.6 cm³/mol. The molecular formula is C17H23N3O3. The molecule has 1 aliphatic carbocycles. The van der Waals surface area contributed by atoms with Gasteiger partial charge >= 0.3 is 6.09 Å². The number of likely N-dealkylation sites (tertiary alicyclic amines) is 1. The summed E-state index contributed by atoms with van der Waals surface area (Å²) in [6, 6.07) is 4.63. The zero-order valence-electron chi connectivity index (χ0n) is 13.3. The SMILES string of the molecule is O=C(O)N1CCc2nc(O[C@@H]3CCN(C4CCC4)C3)ccc2C1. The Balaban J connectivity index is 1.38. The van der Waals surface area contributed by atoms with Crippen LogP contribution in [0.25, 0.3) is 0 Å². The molecule has 2 aliphatic heterocycles. The highest BCUT2D eigenvalue weighted by atomic mass is 16.5. The number of nitrogens with zero attached hydrogens (tertiary/aromatic N) is 3. The van der Waals surface area contributed by atoms with Crippen molar-refractivity contribution in [3.8, 4) is 5.88 Å². The van der Waals surface area contributed by atoms with Gasteiger partial charge in [0.25, 0.3) is 0 Å². The number of carbonyl (C=O) groups is 1. The molecule has 0 aromatic carbocycles. The molecule has 0 radical (unpaired) electrons. The van der Waals surface area contributed by atoms with Crippen LogP contribution in [0.1, 0.15) is 36.9 Å². The topological polar surface area (TPSA) is 65.9 Å². The number of fused-ring (bicyclic) bond motifs is 1. The predicted octanol–water partition coefficient (Wildman–Crippen LogP) is 2.12. The zero-order chi connectivity index (χ0) is 15.8. The smallest absolute Gasteiger partial charge is 0.407 e. The summed E-state index contributed by atoms with van der Waals surface area (Å²) < 4.78 is 6.08. The van der Waals surface area contributed by atoms with E-state index in [-0.39, 0.29) is 6.10 Å². The lowest BCUT2D eigenvalue weighted by Crippen LogP contribution is -2.39. The van der Waals surface area contributed by atoms with Crippen molar-refractivity contribution in [3.05, 3.63) is 23.4 Å². The monoisotopic (exact) mass is 317 g/mol. The summed E-state index contributed by atoms with van der Waals surface area (Å²) in [6.45, 7) is 3.08. The van der Waals surface area contributed by atoms with Gasteiger partial charge in [-0.15, -0.1) is 0 Å². The first kappa shape index (κ1) is 14.8. The van der Waals surface area contributed by atoms with Crippen molar-refractivity contribution in [1.29, 1.82) is 0 Å². The standard InChI is InChI=1S/C17H23N3O3/c21-17(22)20-9-7-15-12(10-20)4-5-16(18-15)23-14-6-8-19(11-14)13-2-1-3-13/h4-5,13-14H,1-3,6-11H2,(H,21,22)/t14-/m1/s1. The van der Waals surface area contributed by atoms with Gasteiger partial charge < -0.3 is 14.7 Å². The fourth-order valence-corrected chi connectivity index (χ4v) is 3.73. The minimum Gasteiger partial charge on any atom is -0.473 e. The van der Waals surface area contributed by atoms with Gasteiger partial charge in [-0.05, 0) is 24.8 Å². The lowest BCUT2D eigenvalue weighted by Gasteiger charge is -2.34. The Hall–Kier alpha value is -1.82. The van der Waals surface area contributed by atoms with Gasteiger partial charge in [-0.25, -0.2) is 9.78 Å². The number of ether oxygens (including phenoxy) is 1. The molecule has 1 aromatic heterocycles. The van der Waals surface area contributed by atoms with Crippen molar-refractivity contribution in [2.45, 2.75) is 50.8 Å². The van der Waals surface area contributed by atoms with E-state index in [1.54, 1.807) is 0 Å². The molecule has 1 aromatic rings. The first-order valence-corrected chi connectivity index (χ1v) is 8.56. The van der Waals surface area contributed by atoms with Crippen LogP contribution >= 0.6 is 0 Å². The number of rotatable bonds is 3. The highest BCUT2D eigenvalue weighted by Crippen LogP contribution is 2.29. The van der Waals surface area contributed by atoms with Crippen molar-refractivity contribution in [3.63, 3.8) is 0 Å². The van der Waals surface area contributed by atoms with Crippen LogP contribution in [0.3, 0.4) is 0 Å². The third-order valence-corrected chi connectivity index (χ3v) is 5.35. The molecule has 4 rings (SSSR count). The van der Waals surface area contributed by atoms with E-state index in [1.807, 2.05) is 12.1 Å². The minimum absolute atomic E-state index is 0.236. The van der Waals surface area contributed by atoms with E-state index >= 15 is 0 Å². The Bertz CT molecular complexity index is 603. The molecule has 2 fully saturated rings. The van der Waals surface area contributed by atoms with Crippen LogP contribution in [0.4, 0.5) is 4.79 Å². The van der Waals surface area contributed by atoms with Gasteiger partial charge in [0.2, 0.25) is 5.88 Å². The molecule has 23 heavy (non-hydrogen) atoms. The summed E-state index contributed by atoms with van der Waals surface area (Å²) in [7, 11) is 0. The van der Waals surface area contributed by atoms with Crippen LogP contribution < -0.4 is 4.74 Å². The Morgan fingerprint density at radius 2 is 2.13 bits per heavy atom. The largest absolute Gasteiger partial charge is 0.473 e. The van der Waals surface area contributed by atoms with E-state index in [1.165, 1.54) is 24.2 Å². The van der Waals surface area contributed by atoms with Gasteiger partial charge in [-0.2, -0.15) is 0 Å². The lowest BCUT2D eigenvalue weighted by molar-refractivity contribution is 0.130. The number of hydrogen-bond acceptors (Lipinski definition) is 4. The molecule has 6 nitrogen and oxygen atoms in total. The van der Waals surface area contributed by atoms with E-state index in [0.717, 1.165) is 36.8 Å². The van der Waals surface area contributed by atoms with Crippen LogP contribution in [0.5, 0.6) is 5.88 Å². The van der Waals surface area contributed by atoms with Crippen LogP contribution in [0.15, 0.2) is 12.1 Å². The van der Waals surface area contributed by atoms with Crippen molar-refractivity contribution >= 4 is 6.09 Å². The number of carboxylic acid groups (broad SMARTS) is 1. The first-order valence-electron chi connectivity index (χ1n) is 8.56. The molecule has 3 aliphatic rings. The maximum atomic E-state index is 11.1. The fraction of sp³-hybridized carbons (Fsp3) is 0.647. The van der Waals surface area contributed by atoms with Crippen LogP contribution in [-0.2, 0) is 13.0 Å². The first-order chi connectivity index (χ1) is 11.2. The van der Waals surface area contributed by atoms with E-state index < -0.39 is 6.09 Å². The molecule has 1 saturated heterocycles. The number of hydrogen-bond donors (Lipinski definition) is 1. The molecule has 3 heterocycles.